The summed E-state index contributed by atoms with van der Waals surface area (Å²) in [5, 5.41) is 0. The van der Waals surface area contributed by atoms with E-state index in [2.05, 4.69) is 16.5 Å². The molecule has 4 heteroatoms. The summed E-state index contributed by atoms with van der Waals surface area (Å²) in [4.78, 5) is 15.8. The molecule has 0 fully saturated rings. The molecule has 0 aliphatic carbocycles. The van der Waals surface area contributed by atoms with E-state index in [4.69, 9.17) is 5.73 Å². The van der Waals surface area contributed by atoms with Crippen LogP contribution in [0.25, 0.3) is 0 Å². The summed E-state index contributed by atoms with van der Waals surface area (Å²) in [6.45, 7) is 8.62. The first kappa shape index (κ1) is 13.3. The minimum Gasteiger partial charge on any atom is -0.366 e. The third kappa shape index (κ3) is 2.38. The number of nitrogens with zero attached hydrogens (tertiary/aromatic N) is 2. The van der Waals surface area contributed by atoms with Gasteiger partial charge < -0.3 is 10.3 Å². The molecule has 4 nitrogen and oxygen atoms in total. The van der Waals surface area contributed by atoms with Crippen molar-refractivity contribution in [1.29, 1.82) is 0 Å². The van der Waals surface area contributed by atoms with E-state index in [0.29, 0.717) is 12.1 Å². The Labute approximate surface area is 113 Å². The van der Waals surface area contributed by atoms with Gasteiger partial charge in [0.2, 0.25) is 5.91 Å². The van der Waals surface area contributed by atoms with Crippen LogP contribution in [0.4, 0.5) is 0 Å². The normalized spacial score (nSPS) is 10.7. The number of hydrogen-bond donors (Lipinski definition) is 1. The fourth-order valence-electron chi connectivity index (χ4n) is 2.59. The molecular weight excluding hydrogens is 238 g/mol. The summed E-state index contributed by atoms with van der Waals surface area (Å²) in [5.74, 6) is 0.596. The van der Waals surface area contributed by atoms with Gasteiger partial charge in [-0.1, -0.05) is 6.07 Å². The van der Waals surface area contributed by atoms with E-state index >= 15 is 0 Å². The van der Waals surface area contributed by atoms with Gasteiger partial charge in [0.1, 0.15) is 5.82 Å². The highest BCUT2D eigenvalue weighted by Crippen LogP contribution is 2.23. The van der Waals surface area contributed by atoms with Gasteiger partial charge in [0.25, 0.3) is 0 Å². The van der Waals surface area contributed by atoms with E-state index in [-0.39, 0.29) is 5.91 Å². The van der Waals surface area contributed by atoms with Gasteiger partial charge in [-0.3, -0.25) is 4.79 Å². The third-order valence-electron chi connectivity index (χ3n) is 3.63. The average Bonchev–Trinajstić information content (AvgIpc) is 2.69. The van der Waals surface area contributed by atoms with Crippen molar-refractivity contribution in [2.24, 2.45) is 5.73 Å². The molecule has 1 aromatic heterocycles. The Morgan fingerprint density at radius 2 is 1.95 bits per heavy atom. The highest BCUT2D eigenvalue weighted by Gasteiger charge is 2.15. The summed E-state index contributed by atoms with van der Waals surface area (Å²) in [7, 11) is 0. The maximum absolute atomic E-state index is 11.6. The molecule has 19 heavy (non-hydrogen) atoms. The largest absolute Gasteiger partial charge is 0.366 e. The number of primary amides is 1. The van der Waals surface area contributed by atoms with Gasteiger partial charge in [-0.25, -0.2) is 4.98 Å². The summed E-state index contributed by atoms with van der Waals surface area (Å²) in [6, 6.07) is 2.02. The minimum absolute atomic E-state index is 0.362. The van der Waals surface area contributed by atoms with E-state index in [0.717, 1.165) is 22.5 Å². The number of rotatable bonds is 3. The van der Waals surface area contributed by atoms with E-state index < -0.39 is 0 Å². The molecule has 0 unspecified atom stereocenters. The molecule has 2 N–H and O–H groups in total. The summed E-state index contributed by atoms with van der Waals surface area (Å²) in [6.07, 6.45) is 3.72. The first-order chi connectivity index (χ1) is 8.91. The molecule has 2 aromatic rings. The molecule has 0 aliphatic heterocycles. The molecule has 0 spiro atoms. The lowest BCUT2D eigenvalue weighted by Crippen LogP contribution is -2.17. The molecule has 0 saturated heterocycles. The topological polar surface area (TPSA) is 60.9 Å². The van der Waals surface area contributed by atoms with Crippen LogP contribution in [0.3, 0.4) is 0 Å². The zero-order valence-corrected chi connectivity index (χ0v) is 11.8. The second-order valence-corrected chi connectivity index (χ2v) is 4.96. The molecule has 1 amide bonds. The van der Waals surface area contributed by atoms with E-state index in [9.17, 15) is 4.79 Å². The predicted molar refractivity (Wildman–Crippen MR) is 75.2 cm³/mol. The molecule has 100 valence electrons. The van der Waals surface area contributed by atoms with E-state index in [1.807, 2.05) is 33.0 Å². The van der Waals surface area contributed by atoms with Crippen molar-refractivity contribution in [3.63, 3.8) is 0 Å². The Bertz CT molecular complexity index is 641. The van der Waals surface area contributed by atoms with Gasteiger partial charge in [0.15, 0.2) is 0 Å². The standard InChI is InChI=1S/C15H19N3O/c1-9-7-10(2)14(15(16)19)11(3)13(9)8-18-6-5-17-12(18)4/h5-7H,8H2,1-4H3,(H2,16,19). The molecule has 2 rings (SSSR count). The van der Waals surface area contributed by atoms with E-state index in [1.165, 1.54) is 5.56 Å². The lowest BCUT2D eigenvalue weighted by Gasteiger charge is -2.16. The van der Waals surface area contributed by atoms with Gasteiger partial charge in [0.05, 0.1) is 0 Å². The lowest BCUT2D eigenvalue weighted by atomic mass is 9.93. The quantitative estimate of drug-likeness (QED) is 0.916. The zero-order chi connectivity index (χ0) is 14.2. The van der Waals surface area contributed by atoms with Crippen molar-refractivity contribution in [3.05, 3.63) is 52.1 Å². The Morgan fingerprint density at radius 3 is 2.47 bits per heavy atom. The molecule has 0 aliphatic rings. The maximum Gasteiger partial charge on any atom is 0.249 e. The first-order valence-electron chi connectivity index (χ1n) is 6.29. The summed E-state index contributed by atoms with van der Waals surface area (Å²) in [5.41, 5.74) is 10.3. The van der Waals surface area contributed by atoms with Crippen LogP contribution < -0.4 is 5.73 Å². The maximum atomic E-state index is 11.6. The highest BCUT2D eigenvalue weighted by atomic mass is 16.1. The van der Waals surface area contributed by atoms with Crippen LogP contribution >= 0.6 is 0 Å². The Kier molecular flexibility index (Phi) is 3.42. The Balaban J connectivity index is 2.54. The zero-order valence-electron chi connectivity index (χ0n) is 11.8. The fraction of sp³-hybridized carbons (Fsp3) is 0.333. The van der Waals surface area contributed by atoms with Gasteiger partial charge in [-0.15, -0.1) is 0 Å². The molecule has 0 saturated carbocycles. The van der Waals surface area contributed by atoms with Crippen molar-refractivity contribution in [2.45, 2.75) is 34.2 Å². The number of hydrogen-bond acceptors (Lipinski definition) is 2. The van der Waals surface area contributed by atoms with Crippen molar-refractivity contribution < 1.29 is 4.79 Å². The number of amides is 1. The van der Waals surface area contributed by atoms with Gasteiger partial charge in [0, 0.05) is 24.5 Å². The summed E-state index contributed by atoms with van der Waals surface area (Å²) < 4.78 is 2.06. The highest BCUT2D eigenvalue weighted by molar-refractivity contribution is 5.96. The Hall–Kier alpha value is -2.10. The lowest BCUT2D eigenvalue weighted by molar-refractivity contribution is 0.0999. The fourth-order valence-corrected chi connectivity index (χ4v) is 2.59. The van der Waals surface area contributed by atoms with Crippen molar-refractivity contribution >= 4 is 5.91 Å². The molecular formula is C15H19N3O. The number of carbonyl (C=O) groups excluding carboxylic acids is 1. The van der Waals surface area contributed by atoms with Crippen LogP contribution in [-0.2, 0) is 6.54 Å². The average molecular weight is 257 g/mol. The van der Waals surface area contributed by atoms with Crippen LogP contribution in [-0.4, -0.2) is 15.5 Å². The number of aromatic nitrogens is 2. The van der Waals surface area contributed by atoms with Crippen LogP contribution in [0.2, 0.25) is 0 Å². The van der Waals surface area contributed by atoms with Crippen molar-refractivity contribution in [2.75, 3.05) is 0 Å². The molecule has 1 heterocycles. The number of nitrogens with two attached hydrogens (primary N) is 1. The smallest absolute Gasteiger partial charge is 0.249 e. The molecule has 1 aromatic carbocycles. The van der Waals surface area contributed by atoms with Gasteiger partial charge >= 0.3 is 0 Å². The Morgan fingerprint density at radius 1 is 1.26 bits per heavy atom. The SMILES string of the molecule is Cc1cc(C)c(C(N)=O)c(C)c1Cn1ccnc1C. The summed E-state index contributed by atoms with van der Waals surface area (Å²) >= 11 is 0. The van der Waals surface area contributed by atoms with Gasteiger partial charge in [-0.05, 0) is 49.9 Å². The van der Waals surface area contributed by atoms with E-state index in [1.54, 1.807) is 6.20 Å². The van der Waals surface area contributed by atoms with Crippen LogP contribution in [0, 0.1) is 27.7 Å². The van der Waals surface area contributed by atoms with Crippen LogP contribution in [0.5, 0.6) is 0 Å². The predicted octanol–water partition coefficient (Wildman–Crippen LogP) is 2.26. The third-order valence-corrected chi connectivity index (χ3v) is 3.63. The van der Waals surface area contributed by atoms with Crippen LogP contribution in [0.15, 0.2) is 18.5 Å². The molecule has 0 bridgehead atoms. The number of benzene rings is 1. The second kappa shape index (κ2) is 4.88. The second-order valence-electron chi connectivity index (χ2n) is 4.96. The van der Waals surface area contributed by atoms with Gasteiger partial charge in [-0.2, -0.15) is 0 Å². The minimum atomic E-state index is -0.362. The monoisotopic (exact) mass is 257 g/mol. The molecule has 0 atom stereocenters. The molecule has 0 radical (unpaired) electrons. The number of aryl methyl sites for hydroxylation is 3. The number of carbonyl (C=O) groups is 1. The first-order valence-corrected chi connectivity index (χ1v) is 6.29. The van der Waals surface area contributed by atoms with Crippen LogP contribution in [0.1, 0.15) is 38.4 Å². The van der Waals surface area contributed by atoms with Crippen molar-refractivity contribution in [1.82, 2.24) is 9.55 Å². The number of imidazole rings is 1. The van der Waals surface area contributed by atoms with Crippen molar-refractivity contribution in [3.8, 4) is 0 Å².